The van der Waals surface area contributed by atoms with E-state index in [-0.39, 0.29) is 12.1 Å². The number of hydrogen-bond acceptors (Lipinski definition) is 4. The molecule has 3 aromatic rings. The van der Waals surface area contributed by atoms with E-state index < -0.39 is 0 Å². The standard InChI is InChI=1S/C24H25N3O2/c1-4-29-20-15-13-19(14-16-20)27-23(17-9-11-18(12-10-17)26(2)3)25-22-8-6-5-7-21(22)24(27)28/h5-16,23,25H,4H2,1-3H3/t23-/m1/s1. The normalized spacial score (nSPS) is 15.5. The summed E-state index contributed by atoms with van der Waals surface area (Å²) in [5, 5.41) is 3.54. The number of nitrogens with zero attached hydrogens (tertiary/aromatic N) is 2. The molecule has 148 valence electrons. The maximum absolute atomic E-state index is 13.4. The van der Waals surface area contributed by atoms with Gasteiger partial charge in [0.15, 0.2) is 0 Å². The van der Waals surface area contributed by atoms with E-state index in [4.69, 9.17) is 4.74 Å². The lowest BCUT2D eigenvalue weighted by atomic mass is 10.0. The number of anilines is 3. The predicted octanol–water partition coefficient (Wildman–Crippen LogP) is 4.92. The van der Waals surface area contributed by atoms with Crippen LogP contribution in [0.3, 0.4) is 0 Å². The van der Waals surface area contributed by atoms with Crippen LogP contribution in [0.2, 0.25) is 0 Å². The number of para-hydroxylation sites is 1. The van der Waals surface area contributed by atoms with Gasteiger partial charge in [-0.1, -0.05) is 24.3 Å². The first-order valence-corrected chi connectivity index (χ1v) is 9.77. The third kappa shape index (κ3) is 3.63. The number of benzene rings is 3. The molecule has 1 heterocycles. The second kappa shape index (κ2) is 7.87. The molecule has 5 heteroatoms. The van der Waals surface area contributed by atoms with Crippen LogP contribution in [0.15, 0.2) is 72.8 Å². The minimum absolute atomic E-state index is 0.0230. The molecule has 3 aromatic carbocycles. The molecule has 4 rings (SSSR count). The van der Waals surface area contributed by atoms with Crippen LogP contribution in [0.1, 0.15) is 29.0 Å². The smallest absolute Gasteiger partial charge is 0.262 e. The minimum atomic E-state index is -0.299. The maximum Gasteiger partial charge on any atom is 0.262 e. The predicted molar refractivity (Wildman–Crippen MR) is 118 cm³/mol. The summed E-state index contributed by atoms with van der Waals surface area (Å²) in [6.45, 7) is 2.56. The summed E-state index contributed by atoms with van der Waals surface area (Å²) in [5.41, 5.74) is 4.47. The molecule has 1 amide bonds. The second-order valence-electron chi connectivity index (χ2n) is 7.18. The number of ether oxygens (including phenoxy) is 1. The molecule has 1 aliphatic heterocycles. The largest absolute Gasteiger partial charge is 0.494 e. The molecule has 0 aromatic heterocycles. The van der Waals surface area contributed by atoms with E-state index in [1.807, 2.05) is 74.4 Å². The SMILES string of the molecule is CCOc1ccc(N2C(=O)c3ccccc3N[C@H]2c2ccc(N(C)C)cc2)cc1. The van der Waals surface area contributed by atoms with Gasteiger partial charge in [-0.3, -0.25) is 9.69 Å². The van der Waals surface area contributed by atoms with Gasteiger partial charge in [-0.05, 0) is 61.0 Å². The average Bonchev–Trinajstić information content (AvgIpc) is 2.75. The Bertz CT molecular complexity index is 997. The van der Waals surface area contributed by atoms with Crippen molar-refractivity contribution < 1.29 is 9.53 Å². The highest BCUT2D eigenvalue weighted by molar-refractivity contribution is 6.12. The van der Waals surface area contributed by atoms with Crippen LogP contribution in [0.25, 0.3) is 0 Å². The molecule has 0 fully saturated rings. The van der Waals surface area contributed by atoms with Crippen molar-refractivity contribution in [1.29, 1.82) is 0 Å². The zero-order valence-electron chi connectivity index (χ0n) is 16.9. The highest BCUT2D eigenvalue weighted by Crippen LogP contribution is 2.37. The highest BCUT2D eigenvalue weighted by Gasteiger charge is 2.34. The van der Waals surface area contributed by atoms with Crippen LogP contribution < -0.4 is 19.9 Å². The van der Waals surface area contributed by atoms with Crippen molar-refractivity contribution in [2.75, 3.05) is 35.8 Å². The summed E-state index contributed by atoms with van der Waals surface area (Å²) in [6, 6.07) is 23.6. The molecule has 1 N–H and O–H groups in total. The summed E-state index contributed by atoms with van der Waals surface area (Å²) < 4.78 is 5.55. The second-order valence-corrected chi connectivity index (χ2v) is 7.18. The number of carbonyl (C=O) groups is 1. The van der Waals surface area contributed by atoms with Gasteiger partial charge >= 0.3 is 0 Å². The Morgan fingerprint density at radius 2 is 1.66 bits per heavy atom. The number of hydrogen-bond donors (Lipinski definition) is 1. The summed E-state index contributed by atoms with van der Waals surface area (Å²) >= 11 is 0. The van der Waals surface area contributed by atoms with E-state index in [2.05, 4.69) is 34.5 Å². The summed E-state index contributed by atoms with van der Waals surface area (Å²) in [7, 11) is 4.03. The fraction of sp³-hybridized carbons (Fsp3) is 0.208. The zero-order chi connectivity index (χ0) is 20.4. The van der Waals surface area contributed by atoms with E-state index in [1.165, 1.54) is 0 Å². The molecule has 0 spiro atoms. The first-order valence-electron chi connectivity index (χ1n) is 9.77. The van der Waals surface area contributed by atoms with Gasteiger partial charge in [-0.25, -0.2) is 0 Å². The Morgan fingerprint density at radius 3 is 2.31 bits per heavy atom. The maximum atomic E-state index is 13.4. The van der Waals surface area contributed by atoms with Crippen molar-refractivity contribution in [1.82, 2.24) is 0 Å². The zero-order valence-corrected chi connectivity index (χ0v) is 16.9. The minimum Gasteiger partial charge on any atom is -0.494 e. The van der Waals surface area contributed by atoms with Crippen molar-refractivity contribution in [2.24, 2.45) is 0 Å². The molecule has 5 nitrogen and oxygen atoms in total. The van der Waals surface area contributed by atoms with Crippen molar-refractivity contribution in [3.63, 3.8) is 0 Å². The average molecular weight is 387 g/mol. The molecule has 1 atom stereocenters. The Hall–Kier alpha value is -3.47. The molecule has 0 radical (unpaired) electrons. The van der Waals surface area contributed by atoms with Crippen LogP contribution >= 0.6 is 0 Å². The Morgan fingerprint density at radius 1 is 0.966 bits per heavy atom. The van der Waals surface area contributed by atoms with Gasteiger partial charge in [0.2, 0.25) is 0 Å². The van der Waals surface area contributed by atoms with E-state index in [9.17, 15) is 4.79 Å². The van der Waals surface area contributed by atoms with Crippen LogP contribution in [0.5, 0.6) is 5.75 Å². The number of carbonyl (C=O) groups excluding carboxylic acids is 1. The molecule has 0 saturated carbocycles. The van der Waals surface area contributed by atoms with Gasteiger partial charge in [0.05, 0.1) is 12.2 Å². The van der Waals surface area contributed by atoms with E-state index >= 15 is 0 Å². The molecular formula is C24H25N3O2. The Kier molecular flexibility index (Phi) is 5.12. The lowest BCUT2D eigenvalue weighted by molar-refractivity contribution is 0.0975. The molecule has 0 bridgehead atoms. The molecule has 1 aliphatic rings. The van der Waals surface area contributed by atoms with Gasteiger partial charge in [-0.2, -0.15) is 0 Å². The van der Waals surface area contributed by atoms with Crippen LogP contribution in [-0.4, -0.2) is 26.6 Å². The van der Waals surface area contributed by atoms with Gasteiger partial charge in [0.25, 0.3) is 5.91 Å². The third-order valence-electron chi connectivity index (χ3n) is 5.08. The van der Waals surface area contributed by atoms with Crippen molar-refractivity contribution in [2.45, 2.75) is 13.1 Å². The summed E-state index contributed by atoms with van der Waals surface area (Å²) in [6.07, 6.45) is -0.299. The van der Waals surface area contributed by atoms with Gasteiger partial charge < -0.3 is 15.0 Å². The van der Waals surface area contributed by atoms with Crippen molar-refractivity contribution in [3.05, 3.63) is 83.9 Å². The van der Waals surface area contributed by atoms with Gasteiger partial charge in [0, 0.05) is 31.2 Å². The molecule has 0 saturated heterocycles. The number of fused-ring (bicyclic) bond motifs is 1. The van der Waals surface area contributed by atoms with E-state index in [0.29, 0.717) is 12.2 Å². The lowest BCUT2D eigenvalue weighted by Crippen LogP contribution is -2.43. The monoisotopic (exact) mass is 387 g/mol. The molecule has 0 unspecified atom stereocenters. The number of nitrogens with one attached hydrogen (secondary N) is 1. The summed E-state index contributed by atoms with van der Waals surface area (Å²) in [4.78, 5) is 17.3. The third-order valence-corrected chi connectivity index (χ3v) is 5.08. The van der Waals surface area contributed by atoms with Gasteiger partial charge in [0.1, 0.15) is 11.9 Å². The van der Waals surface area contributed by atoms with Crippen LogP contribution in [-0.2, 0) is 0 Å². The topological polar surface area (TPSA) is 44.8 Å². The van der Waals surface area contributed by atoms with E-state index in [1.54, 1.807) is 0 Å². The molecule has 0 aliphatic carbocycles. The molecular weight excluding hydrogens is 362 g/mol. The van der Waals surface area contributed by atoms with Crippen molar-refractivity contribution in [3.8, 4) is 5.75 Å². The summed E-state index contributed by atoms with van der Waals surface area (Å²) in [5.74, 6) is 0.770. The lowest BCUT2D eigenvalue weighted by Gasteiger charge is -2.38. The van der Waals surface area contributed by atoms with Crippen molar-refractivity contribution >= 4 is 23.0 Å². The van der Waals surface area contributed by atoms with Crippen LogP contribution in [0, 0.1) is 0 Å². The molecule has 29 heavy (non-hydrogen) atoms. The van der Waals surface area contributed by atoms with Crippen LogP contribution in [0.4, 0.5) is 17.1 Å². The fourth-order valence-electron chi connectivity index (χ4n) is 3.58. The first kappa shape index (κ1) is 18.9. The Labute approximate surface area is 171 Å². The quantitative estimate of drug-likeness (QED) is 0.675. The number of amides is 1. The number of rotatable bonds is 5. The van der Waals surface area contributed by atoms with Gasteiger partial charge in [-0.15, -0.1) is 0 Å². The fourth-order valence-corrected chi connectivity index (χ4v) is 3.58. The highest BCUT2D eigenvalue weighted by atomic mass is 16.5. The van der Waals surface area contributed by atoms with E-state index in [0.717, 1.165) is 28.4 Å². The first-order chi connectivity index (χ1) is 14.1. The Balaban J connectivity index is 1.76.